The van der Waals surface area contributed by atoms with Gasteiger partial charge in [0.25, 0.3) is 0 Å². The van der Waals surface area contributed by atoms with E-state index >= 15 is 0 Å². The number of amides is 1. The molecule has 1 fully saturated rings. The van der Waals surface area contributed by atoms with E-state index in [1.165, 1.54) is 10.0 Å². The van der Waals surface area contributed by atoms with Crippen LogP contribution in [0.4, 0.5) is 0 Å². The molecular formula is C19H21NOSe. The Morgan fingerprint density at radius 1 is 0.955 bits per heavy atom. The van der Waals surface area contributed by atoms with Gasteiger partial charge in [0.05, 0.1) is 0 Å². The van der Waals surface area contributed by atoms with Gasteiger partial charge in [0.2, 0.25) is 0 Å². The summed E-state index contributed by atoms with van der Waals surface area (Å²) >= 11 is 0.229. The van der Waals surface area contributed by atoms with Crippen molar-refractivity contribution in [2.24, 2.45) is 0 Å². The van der Waals surface area contributed by atoms with Crippen molar-refractivity contribution >= 4 is 25.3 Å². The molecule has 1 saturated heterocycles. The van der Waals surface area contributed by atoms with E-state index in [0.717, 1.165) is 25.7 Å². The van der Waals surface area contributed by atoms with Crippen LogP contribution in [0.5, 0.6) is 0 Å². The van der Waals surface area contributed by atoms with Crippen LogP contribution < -0.4 is 9.78 Å². The molecule has 1 aliphatic heterocycles. The van der Waals surface area contributed by atoms with Gasteiger partial charge < -0.3 is 0 Å². The van der Waals surface area contributed by atoms with E-state index in [0.29, 0.717) is 0 Å². The van der Waals surface area contributed by atoms with Crippen LogP contribution in [0.2, 0.25) is 4.82 Å². The standard InChI is InChI=1S/C19H21NOSe/c21-19-18(22-17-11-5-2-6-12-17)13-7-10-16(20-19)14-15-8-3-1-4-9-15/h1-6,8-9,11-12,16,18H,7,10,13-14H2,(H,20,21). The molecule has 0 aromatic heterocycles. The molecule has 2 atom stereocenters. The van der Waals surface area contributed by atoms with E-state index < -0.39 is 0 Å². The SMILES string of the molecule is O=C1NC(Cc2ccccc2)CCCC1[Se]c1ccccc1. The van der Waals surface area contributed by atoms with Crippen LogP contribution >= 0.6 is 0 Å². The number of hydrogen-bond donors (Lipinski definition) is 1. The topological polar surface area (TPSA) is 29.1 Å². The third-order valence-electron chi connectivity index (χ3n) is 4.00. The molecule has 2 nitrogen and oxygen atoms in total. The van der Waals surface area contributed by atoms with Crippen molar-refractivity contribution in [3.8, 4) is 0 Å². The molecule has 0 spiro atoms. The Morgan fingerprint density at radius 2 is 1.64 bits per heavy atom. The van der Waals surface area contributed by atoms with Gasteiger partial charge in [-0.05, 0) is 0 Å². The van der Waals surface area contributed by atoms with Gasteiger partial charge in [-0.1, -0.05) is 0 Å². The van der Waals surface area contributed by atoms with Crippen LogP contribution in [0, 0.1) is 0 Å². The first-order valence-electron chi connectivity index (χ1n) is 7.87. The fourth-order valence-corrected chi connectivity index (χ4v) is 5.19. The van der Waals surface area contributed by atoms with Crippen molar-refractivity contribution in [2.45, 2.75) is 36.5 Å². The van der Waals surface area contributed by atoms with E-state index in [4.69, 9.17) is 0 Å². The number of nitrogens with one attached hydrogen (secondary N) is 1. The van der Waals surface area contributed by atoms with Crippen molar-refractivity contribution in [2.75, 3.05) is 0 Å². The first-order valence-corrected chi connectivity index (χ1v) is 9.72. The molecule has 114 valence electrons. The third kappa shape index (κ3) is 4.22. The molecule has 1 heterocycles. The predicted molar refractivity (Wildman–Crippen MR) is 91.5 cm³/mol. The fraction of sp³-hybridized carbons (Fsp3) is 0.316. The van der Waals surface area contributed by atoms with Crippen LogP contribution in [0.15, 0.2) is 60.7 Å². The van der Waals surface area contributed by atoms with E-state index in [1.807, 2.05) is 12.1 Å². The van der Waals surface area contributed by atoms with Gasteiger partial charge in [-0.15, -0.1) is 0 Å². The molecule has 1 amide bonds. The van der Waals surface area contributed by atoms with E-state index in [2.05, 4.69) is 53.8 Å². The fourth-order valence-electron chi connectivity index (χ4n) is 2.87. The van der Waals surface area contributed by atoms with Crippen molar-refractivity contribution in [3.05, 3.63) is 66.2 Å². The van der Waals surface area contributed by atoms with Crippen LogP contribution in [0.25, 0.3) is 0 Å². The summed E-state index contributed by atoms with van der Waals surface area (Å²) in [6.45, 7) is 0. The zero-order chi connectivity index (χ0) is 15.2. The molecule has 1 N–H and O–H groups in total. The Morgan fingerprint density at radius 3 is 2.36 bits per heavy atom. The molecule has 2 aromatic carbocycles. The summed E-state index contributed by atoms with van der Waals surface area (Å²) < 4.78 is 1.32. The molecule has 0 aliphatic carbocycles. The second-order valence-corrected chi connectivity index (χ2v) is 8.42. The summed E-state index contributed by atoms with van der Waals surface area (Å²) in [7, 11) is 0. The van der Waals surface area contributed by atoms with E-state index in [1.54, 1.807) is 0 Å². The van der Waals surface area contributed by atoms with E-state index in [-0.39, 0.29) is 31.7 Å². The first kappa shape index (κ1) is 15.3. The number of carbonyl (C=O) groups is 1. The molecule has 3 heteroatoms. The summed E-state index contributed by atoms with van der Waals surface area (Å²) in [4.78, 5) is 12.7. The molecule has 1 aliphatic rings. The summed E-state index contributed by atoms with van der Waals surface area (Å²) in [5.41, 5.74) is 1.31. The van der Waals surface area contributed by atoms with Crippen molar-refractivity contribution < 1.29 is 4.79 Å². The average Bonchev–Trinajstić information content (AvgIpc) is 2.71. The Hall–Kier alpha value is -1.57. The van der Waals surface area contributed by atoms with Crippen LogP contribution in [0.1, 0.15) is 24.8 Å². The van der Waals surface area contributed by atoms with Crippen LogP contribution in [0.3, 0.4) is 0 Å². The van der Waals surface area contributed by atoms with Gasteiger partial charge in [0.1, 0.15) is 0 Å². The van der Waals surface area contributed by atoms with Gasteiger partial charge in [-0.3, -0.25) is 0 Å². The number of hydrogen-bond acceptors (Lipinski definition) is 1. The molecule has 22 heavy (non-hydrogen) atoms. The summed E-state index contributed by atoms with van der Waals surface area (Å²) in [6.07, 6.45) is 4.18. The second kappa shape index (κ2) is 7.62. The molecular weight excluding hydrogens is 337 g/mol. The van der Waals surface area contributed by atoms with Crippen LogP contribution in [-0.4, -0.2) is 26.9 Å². The van der Waals surface area contributed by atoms with Gasteiger partial charge >= 0.3 is 138 Å². The van der Waals surface area contributed by atoms with Gasteiger partial charge in [-0.2, -0.15) is 0 Å². The zero-order valence-corrected chi connectivity index (χ0v) is 14.3. The van der Waals surface area contributed by atoms with Crippen molar-refractivity contribution in [1.82, 2.24) is 5.32 Å². The van der Waals surface area contributed by atoms with Gasteiger partial charge in [0.15, 0.2) is 0 Å². The first-order chi connectivity index (χ1) is 10.8. The maximum atomic E-state index is 12.5. The summed E-state index contributed by atoms with van der Waals surface area (Å²) in [6, 6.07) is 21.2. The average molecular weight is 358 g/mol. The minimum absolute atomic E-state index is 0.177. The number of benzene rings is 2. The maximum absolute atomic E-state index is 12.5. The molecule has 0 bridgehead atoms. The summed E-state index contributed by atoms with van der Waals surface area (Å²) in [5.74, 6) is 0.252. The third-order valence-corrected chi connectivity index (χ3v) is 6.69. The zero-order valence-electron chi connectivity index (χ0n) is 12.6. The molecule has 3 rings (SSSR count). The molecule has 0 radical (unpaired) electrons. The minimum atomic E-state index is 0.177. The Labute approximate surface area is 138 Å². The van der Waals surface area contributed by atoms with Crippen LogP contribution in [-0.2, 0) is 11.2 Å². The summed E-state index contributed by atoms with van der Waals surface area (Å²) in [5, 5.41) is 3.27. The number of rotatable bonds is 4. The Bertz CT molecular complexity index is 599. The van der Waals surface area contributed by atoms with Crippen molar-refractivity contribution in [1.29, 1.82) is 0 Å². The normalized spacial score (nSPS) is 21.9. The molecule has 2 aromatic rings. The van der Waals surface area contributed by atoms with Gasteiger partial charge in [0, 0.05) is 0 Å². The Kier molecular flexibility index (Phi) is 5.31. The number of carbonyl (C=O) groups excluding carboxylic acids is 1. The monoisotopic (exact) mass is 359 g/mol. The quantitative estimate of drug-likeness (QED) is 0.837. The van der Waals surface area contributed by atoms with E-state index in [9.17, 15) is 4.79 Å². The van der Waals surface area contributed by atoms with Crippen molar-refractivity contribution in [3.63, 3.8) is 0 Å². The predicted octanol–water partition coefficient (Wildman–Crippen LogP) is 2.72. The molecule has 2 unspecified atom stereocenters. The second-order valence-electron chi connectivity index (χ2n) is 5.75. The van der Waals surface area contributed by atoms with Gasteiger partial charge in [-0.25, -0.2) is 0 Å². The Balaban J connectivity index is 1.61. The molecule has 0 saturated carbocycles.